The summed E-state index contributed by atoms with van der Waals surface area (Å²) in [7, 11) is 2.04. The van der Waals surface area contributed by atoms with E-state index in [0.717, 1.165) is 12.8 Å². The topological polar surface area (TPSA) is 49.3 Å². The fraction of sp³-hybridized carbons (Fsp3) is 0.958. The molecule has 0 spiro atoms. The lowest BCUT2D eigenvalue weighted by Gasteiger charge is -2.02. The van der Waals surface area contributed by atoms with E-state index in [1.54, 1.807) is 0 Å². The number of carbonyl (C=O) groups is 1. The Balaban J connectivity index is 0. The van der Waals surface area contributed by atoms with Crippen LogP contribution in [0.15, 0.2) is 0 Å². The second-order valence-electron chi connectivity index (χ2n) is 7.90. The maximum atomic E-state index is 10.1. The van der Waals surface area contributed by atoms with Crippen molar-refractivity contribution < 1.29 is 9.90 Å². The molecular formula is C24H51NO2. The normalized spacial score (nSPS) is 10.5. The van der Waals surface area contributed by atoms with E-state index in [1.165, 1.54) is 109 Å². The van der Waals surface area contributed by atoms with Gasteiger partial charge in [-0.05, 0) is 26.4 Å². The van der Waals surface area contributed by atoms with Crippen molar-refractivity contribution in [1.29, 1.82) is 0 Å². The van der Waals surface area contributed by atoms with Gasteiger partial charge in [-0.25, -0.2) is 0 Å². The molecule has 0 aromatic heterocycles. The van der Waals surface area contributed by atoms with Crippen LogP contribution in [0.25, 0.3) is 0 Å². The SMILES string of the molecule is CCCCCCCCCC(=O)O.CCCCCCCCCCCCCNC. The summed E-state index contributed by atoms with van der Waals surface area (Å²) in [5, 5.41) is 11.6. The highest BCUT2D eigenvalue weighted by Crippen LogP contribution is 2.11. The van der Waals surface area contributed by atoms with E-state index < -0.39 is 5.97 Å². The van der Waals surface area contributed by atoms with Crippen LogP contribution in [0.4, 0.5) is 0 Å². The molecule has 0 amide bonds. The predicted molar refractivity (Wildman–Crippen MR) is 121 cm³/mol. The van der Waals surface area contributed by atoms with Crippen LogP contribution in [-0.4, -0.2) is 24.7 Å². The second kappa shape index (κ2) is 27.6. The van der Waals surface area contributed by atoms with E-state index in [-0.39, 0.29) is 0 Å². The molecule has 2 N–H and O–H groups in total. The molecule has 164 valence electrons. The Morgan fingerprint density at radius 3 is 1.26 bits per heavy atom. The van der Waals surface area contributed by atoms with Gasteiger partial charge >= 0.3 is 5.97 Å². The zero-order valence-corrected chi connectivity index (χ0v) is 19.0. The van der Waals surface area contributed by atoms with Crippen molar-refractivity contribution >= 4 is 5.97 Å². The molecule has 3 nitrogen and oxygen atoms in total. The number of carboxylic acid groups (broad SMARTS) is 1. The molecule has 3 heteroatoms. The Kier molecular flexibility index (Phi) is 29.3. The zero-order valence-electron chi connectivity index (χ0n) is 19.0. The number of carboxylic acids is 1. The average molecular weight is 386 g/mol. The van der Waals surface area contributed by atoms with Gasteiger partial charge in [0.1, 0.15) is 0 Å². The summed E-state index contributed by atoms with van der Waals surface area (Å²) < 4.78 is 0. The van der Waals surface area contributed by atoms with E-state index in [9.17, 15) is 4.79 Å². The first kappa shape index (κ1) is 28.6. The lowest BCUT2D eigenvalue weighted by Crippen LogP contribution is -2.06. The van der Waals surface area contributed by atoms with Gasteiger partial charge in [-0.1, -0.05) is 117 Å². The highest BCUT2D eigenvalue weighted by atomic mass is 16.4. The summed E-state index contributed by atoms with van der Waals surface area (Å²) in [6, 6.07) is 0. The third-order valence-corrected chi connectivity index (χ3v) is 5.02. The van der Waals surface area contributed by atoms with Crippen molar-refractivity contribution in [1.82, 2.24) is 5.32 Å². The number of hydrogen-bond acceptors (Lipinski definition) is 2. The van der Waals surface area contributed by atoms with Crippen LogP contribution in [0.1, 0.15) is 136 Å². The number of hydrogen-bond donors (Lipinski definition) is 2. The highest BCUT2D eigenvalue weighted by Gasteiger charge is 1.95. The van der Waals surface area contributed by atoms with E-state index in [4.69, 9.17) is 5.11 Å². The standard InChI is InChI=1S/C14H31N.C10H20O2/c1-3-4-5-6-7-8-9-10-11-12-13-14-15-2;1-2-3-4-5-6-7-8-9-10(11)12/h15H,3-14H2,1-2H3;2-9H2,1H3,(H,11,12). The van der Waals surface area contributed by atoms with E-state index in [1.807, 2.05) is 7.05 Å². The minimum atomic E-state index is -0.663. The van der Waals surface area contributed by atoms with Crippen LogP contribution in [0.2, 0.25) is 0 Å². The smallest absolute Gasteiger partial charge is 0.303 e. The molecule has 0 aliphatic heterocycles. The Morgan fingerprint density at radius 1 is 0.593 bits per heavy atom. The van der Waals surface area contributed by atoms with Crippen LogP contribution in [0, 0.1) is 0 Å². The molecule has 0 aliphatic rings. The van der Waals surface area contributed by atoms with Gasteiger partial charge in [0.15, 0.2) is 0 Å². The quantitative estimate of drug-likeness (QED) is 0.211. The van der Waals surface area contributed by atoms with Crippen LogP contribution in [-0.2, 0) is 4.79 Å². The predicted octanol–water partition coefficient (Wildman–Crippen LogP) is 7.73. The maximum absolute atomic E-state index is 10.1. The first-order valence-electron chi connectivity index (χ1n) is 12.0. The number of aliphatic carboxylic acids is 1. The van der Waals surface area contributed by atoms with Gasteiger partial charge in [0.2, 0.25) is 0 Å². The molecule has 0 unspecified atom stereocenters. The lowest BCUT2D eigenvalue weighted by atomic mass is 10.1. The van der Waals surface area contributed by atoms with Crippen LogP contribution in [0.3, 0.4) is 0 Å². The Labute approximate surface area is 171 Å². The molecule has 0 aromatic carbocycles. The van der Waals surface area contributed by atoms with E-state index >= 15 is 0 Å². The van der Waals surface area contributed by atoms with Gasteiger partial charge in [0.05, 0.1) is 0 Å². The van der Waals surface area contributed by atoms with Crippen molar-refractivity contribution in [3.8, 4) is 0 Å². The van der Waals surface area contributed by atoms with E-state index in [0.29, 0.717) is 6.42 Å². The first-order valence-corrected chi connectivity index (χ1v) is 12.0. The van der Waals surface area contributed by atoms with Crippen LogP contribution in [0.5, 0.6) is 0 Å². The van der Waals surface area contributed by atoms with E-state index in [2.05, 4.69) is 19.2 Å². The third-order valence-electron chi connectivity index (χ3n) is 5.02. The highest BCUT2D eigenvalue weighted by molar-refractivity contribution is 5.66. The minimum absolute atomic E-state index is 0.341. The molecule has 0 aliphatic carbocycles. The largest absolute Gasteiger partial charge is 0.481 e. The van der Waals surface area contributed by atoms with Crippen LogP contribution < -0.4 is 5.32 Å². The molecule has 0 radical (unpaired) electrons. The Bertz CT molecular complexity index is 257. The average Bonchev–Trinajstić information content (AvgIpc) is 2.66. The van der Waals surface area contributed by atoms with Crippen molar-refractivity contribution in [2.75, 3.05) is 13.6 Å². The first-order chi connectivity index (χ1) is 13.2. The molecule has 27 heavy (non-hydrogen) atoms. The summed E-state index contributed by atoms with van der Waals surface area (Å²) >= 11 is 0. The molecular weight excluding hydrogens is 334 g/mol. The monoisotopic (exact) mass is 385 g/mol. The van der Waals surface area contributed by atoms with Gasteiger partial charge in [0.25, 0.3) is 0 Å². The number of unbranched alkanes of at least 4 members (excludes halogenated alkanes) is 16. The van der Waals surface area contributed by atoms with Crippen LogP contribution >= 0.6 is 0 Å². The van der Waals surface area contributed by atoms with Gasteiger partial charge in [-0.3, -0.25) is 4.79 Å². The summed E-state index contributed by atoms with van der Waals surface area (Å²) in [4.78, 5) is 10.1. The maximum Gasteiger partial charge on any atom is 0.303 e. The minimum Gasteiger partial charge on any atom is -0.481 e. The summed E-state index contributed by atoms with van der Waals surface area (Å²) in [5.41, 5.74) is 0. The van der Waals surface area contributed by atoms with Gasteiger partial charge in [0, 0.05) is 6.42 Å². The molecule has 0 saturated heterocycles. The van der Waals surface area contributed by atoms with Gasteiger partial charge < -0.3 is 10.4 Å². The molecule has 0 atom stereocenters. The molecule has 0 fully saturated rings. The third kappa shape index (κ3) is 33.4. The van der Waals surface area contributed by atoms with Gasteiger partial charge in [-0.2, -0.15) is 0 Å². The molecule has 0 aromatic rings. The molecule has 0 rings (SSSR count). The number of rotatable bonds is 20. The zero-order chi connectivity index (χ0) is 20.4. The Hall–Kier alpha value is -0.570. The Morgan fingerprint density at radius 2 is 0.926 bits per heavy atom. The van der Waals surface area contributed by atoms with Gasteiger partial charge in [-0.15, -0.1) is 0 Å². The lowest BCUT2D eigenvalue weighted by molar-refractivity contribution is -0.137. The molecule has 0 bridgehead atoms. The summed E-state index contributed by atoms with van der Waals surface area (Å²) in [5.74, 6) is -0.663. The molecule has 0 saturated carbocycles. The van der Waals surface area contributed by atoms with Crippen molar-refractivity contribution in [3.05, 3.63) is 0 Å². The second-order valence-corrected chi connectivity index (χ2v) is 7.90. The van der Waals surface area contributed by atoms with Crippen molar-refractivity contribution in [2.24, 2.45) is 0 Å². The molecule has 0 heterocycles. The van der Waals surface area contributed by atoms with Crippen molar-refractivity contribution in [2.45, 2.75) is 136 Å². The summed E-state index contributed by atoms with van der Waals surface area (Å²) in [6.07, 6.45) is 24.4. The fourth-order valence-corrected chi connectivity index (χ4v) is 3.20. The van der Waals surface area contributed by atoms with Crippen molar-refractivity contribution in [3.63, 3.8) is 0 Å². The number of nitrogens with one attached hydrogen (secondary N) is 1. The summed E-state index contributed by atoms with van der Waals surface area (Å²) in [6.45, 7) is 5.67. The fourth-order valence-electron chi connectivity index (χ4n) is 3.20.